The van der Waals surface area contributed by atoms with Gasteiger partial charge in [0.2, 0.25) is 0 Å². The van der Waals surface area contributed by atoms with Gasteiger partial charge in [-0.15, -0.1) is 11.3 Å². The van der Waals surface area contributed by atoms with Crippen molar-refractivity contribution >= 4 is 27.3 Å². The summed E-state index contributed by atoms with van der Waals surface area (Å²) in [5, 5.41) is 9.89. The minimum atomic E-state index is -0.671. The van der Waals surface area contributed by atoms with Crippen LogP contribution in [0.4, 0.5) is 8.78 Å². The van der Waals surface area contributed by atoms with Crippen molar-refractivity contribution in [2.75, 3.05) is 0 Å². The lowest BCUT2D eigenvalue weighted by Gasteiger charge is -2.10. The molecule has 0 radical (unpaired) electrons. The summed E-state index contributed by atoms with van der Waals surface area (Å²) in [4.78, 5) is 1.02. The Morgan fingerprint density at radius 1 is 1.17 bits per heavy atom. The second-order valence-electron chi connectivity index (χ2n) is 4.00. The fourth-order valence-corrected chi connectivity index (χ4v) is 3.26. The van der Waals surface area contributed by atoms with E-state index < -0.39 is 17.7 Å². The number of aliphatic hydroxyl groups is 1. The van der Waals surface area contributed by atoms with Crippen LogP contribution in [0.25, 0.3) is 0 Å². The maximum absolute atomic E-state index is 13.4. The molecule has 1 unspecified atom stereocenters. The summed E-state index contributed by atoms with van der Waals surface area (Å²) in [5.41, 5.74) is 0.333. The first kappa shape index (κ1) is 13.6. The standard InChI is InChI=1S/C13H11BrF2OS/c14-13-4-3-11(18-13)7-10(17)5-8-1-2-9(15)6-12(8)16/h1-4,6,10,17H,5,7H2. The van der Waals surface area contributed by atoms with E-state index in [1.807, 2.05) is 12.1 Å². The van der Waals surface area contributed by atoms with Crippen molar-refractivity contribution in [3.63, 3.8) is 0 Å². The first-order chi connectivity index (χ1) is 8.54. The molecular weight excluding hydrogens is 322 g/mol. The van der Waals surface area contributed by atoms with Gasteiger partial charge >= 0.3 is 0 Å². The third kappa shape index (κ3) is 3.60. The number of hydrogen-bond acceptors (Lipinski definition) is 2. The summed E-state index contributed by atoms with van der Waals surface area (Å²) in [6, 6.07) is 7.24. The molecule has 0 aliphatic rings. The molecule has 1 aromatic heterocycles. The van der Waals surface area contributed by atoms with Gasteiger partial charge in [0.25, 0.3) is 0 Å². The number of thiophene rings is 1. The van der Waals surface area contributed by atoms with Crippen LogP contribution in [0.5, 0.6) is 0 Å². The van der Waals surface area contributed by atoms with E-state index in [0.29, 0.717) is 12.0 Å². The molecule has 0 spiro atoms. The van der Waals surface area contributed by atoms with Crippen molar-refractivity contribution in [3.05, 3.63) is 56.2 Å². The molecule has 2 rings (SSSR count). The molecule has 2 aromatic rings. The summed E-state index contributed by atoms with van der Waals surface area (Å²) in [6.07, 6.45) is -0.0233. The van der Waals surface area contributed by atoms with E-state index in [1.54, 1.807) is 0 Å². The van der Waals surface area contributed by atoms with Crippen molar-refractivity contribution in [3.8, 4) is 0 Å². The molecular formula is C13H11BrF2OS. The predicted molar refractivity (Wildman–Crippen MR) is 71.8 cm³/mol. The van der Waals surface area contributed by atoms with Gasteiger partial charge in [-0.3, -0.25) is 0 Å². The quantitative estimate of drug-likeness (QED) is 0.899. The Kier molecular flexibility index (Phi) is 4.48. The highest BCUT2D eigenvalue weighted by atomic mass is 79.9. The van der Waals surface area contributed by atoms with Crippen molar-refractivity contribution in [2.45, 2.75) is 18.9 Å². The Bertz CT molecular complexity index is 542. The Balaban J connectivity index is 2.00. The zero-order valence-electron chi connectivity index (χ0n) is 9.37. The average Bonchev–Trinajstić information content (AvgIpc) is 2.68. The van der Waals surface area contributed by atoms with E-state index in [9.17, 15) is 13.9 Å². The Morgan fingerprint density at radius 3 is 2.56 bits per heavy atom. The van der Waals surface area contributed by atoms with E-state index in [0.717, 1.165) is 14.7 Å². The lowest BCUT2D eigenvalue weighted by Crippen LogP contribution is -2.14. The zero-order chi connectivity index (χ0) is 13.1. The van der Waals surface area contributed by atoms with Gasteiger partial charge in [0.15, 0.2) is 0 Å². The molecule has 1 atom stereocenters. The number of halogens is 3. The maximum Gasteiger partial charge on any atom is 0.129 e. The summed E-state index contributed by atoms with van der Waals surface area (Å²) in [6.45, 7) is 0. The first-order valence-electron chi connectivity index (χ1n) is 5.41. The molecule has 1 aromatic carbocycles. The molecule has 0 saturated carbocycles. The SMILES string of the molecule is OC(Cc1ccc(Br)s1)Cc1ccc(F)cc1F. The highest BCUT2D eigenvalue weighted by Crippen LogP contribution is 2.24. The molecule has 18 heavy (non-hydrogen) atoms. The van der Waals surface area contributed by atoms with Crippen molar-refractivity contribution in [1.82, 2.24) is 0 Å². The Morgan fingerprint density at radius 2 is 1.94 bits per heavy atom. The molecule has 0 bridgehead atoms. The molecule has 1 nitrogen and oxygen atoms in total. The summed E-state index contributed by atoms with van der Waals surface area (Å²) >= 11 is 4.88. The second-order valence-corrected chi connectivity index (χ2v) is 6.55. The summed E-state index contributed by atoms with van der Waals surface area (Å²) in [7, 11) is 0. The first-order valence-corrected chi connectivity index (χ1v) is 7.02. The number of hydrogen-bond donors (Lipinski definition) is 1. The van der Waals surface area contributed by atoms with Gasteiger partial charge in [0.1, 0.15) is 11.6 Å². The van der Waals surface area contributed by atoms with E-state index in [4.69, 9.17) is 0 Å². The second kappa shape index (κ2) is 5.91. The lowest BCUT2D eigenvalue weighted by atomic mass is 10.0. The topological polar surface area (TPSA) is 20.2 Å². The zero-order valence-corrected chi connectivity index (χ0v) is 11.8. The molecule has 0 aliphatic carbocycles. The highest BCUT2D eigenvalue weighted by molar-refractivity contribution is 9.11. The largest absolute Gasteiger partial charge is 0.392 e. The Labute approximate surface area is 116 Å². The van der Waals surface area contributed by atoms with Crippen molar-refractivity contribution < 1.29 is 13.9 Å². The number of benzene rings is 1. The molecule has 0 fully saturated rings. The van der Waals surface area contributed by atoms with Crippen LogP contribution in [-0.2, 0) is 12.8 Å². The van der Waals surface area contributed by atoms with Gasteiger partial charge in [0.05, 0.1) is 9.89 Å². The third-order valence-corrected chi connectivity index (χ3v) is 4.18. The van der Waals surface area contributed by atoms with Crippen molar-refractivity contribution in [2.24, 2.45) is 0 Å². The number of rotatable bonds is 4. The smallest absolute Gasteiger partial charge is 0.129 e. The van der Waals surface area contributed by atoms with Crippen LogP contribution in [0.15, 0.2) is 34.1 Å². The van der Waals surface area contributed by atoms with Crippen LogP contribution in [0.2, 0.25) is 0 Å². The third-order valence-electron chi connectivity index (χ3n) is 2.54. The molecule has 96 valence electrons. The van der Waals surface area contributed by atoms with Gasteiger partial charge in [-0.1, -0.05) is 6.07 Å². The molecule has 1 N–H and O–H groups in total. The van der Waals surface area contributed by atoms with Gasteiger partial charge in [-0.05, 0) is 39.7 Å². The van der Waals surface area contributed by atoms with Crippen LogP contribution in [-0.4, -0.2) is 11.2 Å². The Hall–Kier alpha value is -0.780. The summed E-state index contributed by atoms with van der Waals surface area (Å²) < 4.78 is 27.1. The molecule has 0 saturated heterocycles. The fraction of sp³-hybridized carbons (Fsp3) is 0.231. The molecule has 1 heterocycles. The van der Waals surface area contributed by atoms with E-state index in [2.05, 4.69) is 15.9 Å². The van der Waals surface area contributed by atoms with Crippen LogP contribution >= 0.6 is 27.3 Å². The minimum Gasteiger partial charge on any atom is -0.392 e. The predicted octanol–water partition coefficient (Wildman–Crippen LogP) is 3.93. The monoisotopic (exact) mass is 332 g/mol. The maximum atomic E-state index is 13.4. The van der Waals surface area contributed by atoms with Crippen LogP contribution < -0.4 is 0 Å². The van der Waals surface area contributed by atoms with Crippen molar-refractivity contribution in [1.29, 1.82) is 0 Å². The fourth-order valence-electron chi connectivity index (χ4n) is 1.71. The van der Waals surface area contributed by atoms with Gasteiger partial charge in [0, 0.05) is 23.8 Å². The van der Waals surface area contributed by atoms with E-state index in [-0.39, 0.29) is 6.42 Å². The summed E-state index contributed by atoms with van der Waals surface area (Å²) in [5.74, 6) is -1.21. The van der Waals surface area contributed by atoms with Gasteiger partial charge < -0.3 is 5.11 Å². The van der Waals surface area contributed by atoms with Crippen LogP contribution in [0, 0.1) is 11.6 Å². The van der Waals surface area contributed by atoms with E-state index in [1.165, 1.54) is 23.5 Å². The average molecular weight is 333 g/mol. The van der Waals surface area contributed by atoms with Crippen LogP contribution in [0.3, 0.4) is 0 Å². The normalized spacial score (nSPS) is 12.7. The van der Waals surface area contributed by atoms with Gasteiger partial charge in [-0.2, -0.15) is 0 Å². The van der Waals surface area contributed by atoms with E-state index >= 15 is 0 Å². The number of aliphatic hydroxyl groups excluding tert-OH is 1. The lowest BCUT2D eigenvalue weighted by molar-refractivity contribution is 0.175. The minimum absolute atomic E-state index is 0.182. The van der Waals surface area contributed by atoms with Gasteiger partial charge in [-0.25, -0.2) is 8.78 Å². The molecule has 0 aliphatic heterocycles. The molecule has 5 heteroatoms. The molecule has 0 amide bonds. The van der Waals surface area contributed by atoms with Crippen LogP contribution in [0.1, 0.15) is 10.4 Å². The highest BCUT2D eigenvalue weighted by Gasteiger charge is 2.12.